The van der Waals surface area contributed by atoms with E-state index in [0.29, 0.717) is 13.0 Å². The zero-order valence-corrected chi connectivity index (χ0v) is 14.0. The Labute approximate surface area is 142 Å². The first-order valence-electron chi connectivity index (χ1n) is 8.96. The van der Waals surface area contributed by atoms with E-state index in [9.17, 15) is 9.59 Å². The monoisotopic (exact) mass is 328 g/mol. The zero-order chi connectivity index (χ0) is 16.7. The Hall–Kier alpha value is -1.88. The molecule has 5 heteroatoms. The van der Waals surface area contributed by atoms with E-state index in [1.807, 2.05) is 31.2 Å². The van der Waals surface area contributed by atoms with E-state index < -0.39 is 6.04 Å². The molecule has 0 radical (unpaired) electrons. The van der Waals surface area contributed by atoms with Crippen LogP contribution in [0.2, 0.25) is 0 Å². The molecular weight excluding hydrogens is 304 g/mol. The summed E-state index contributed by atoms with van der Waals surface area (Å²) < 4.78 is 5.77. The van der Waals surface area contributed by atoms with Gasteiger partial charge < -0.3 is 15.0 Å². The lowest BCUT2D eigenvalue weighted by Crippen LogP contribution is -2.54. The van der Waals surface area contributed by atoms with E-state index in [-0.39, 0.29) is 29.9 Å². The van der Waals surface area contributed by atoms with Crippen LogP contribution in [0.3, 0.4) is 0 Å². The molecule has 2 amide bonds. The molecule has 24 heavy (non-hydrogen) atoms. The van der Waals surface area contributed by atoms with Gasteiger partial charge in [-0.15, -0.1) is 0 Å². The van der Waals surface area contributed by atoms with E-state index in [1.54, 1.807) is 4.90 Å². The summed E-state index contributed by atoms with van der Waals surface area (Å²) in [6.45, 7) is 2.74. The average Bonchev–Trinajstić information content (AvgIpc) is 3.21. The largest absolute Gasteiger partial charge is 0.374 e. The fourth-order valence-corrected chi connectivity index (χ4v) is 4.18. The number of benzene rings is 1. The second-order valence-electron chi connectivity index (χ2n) is 7.24. The van der Waals surface area contributed by atoms with Crippen LogP contribution in [-0.4, -0.2) is 36.6 Å². The highest BCUT2D eigenvalue weighted by Crippen LogP contribution is 2.39. The molecule has 3 aliphatic heterocycles. The summed E-state index contributed by atoms with van der Waals surface area (Å²) in [7, 11) is 0. The number of hydrogen-bond donors (Lipinski definition) is 1. The number of ether oxygens (including phenoxy) is 1. The molecule has 3 fully saturated rings. The number of fused-ring (bicyclic) bond motifs is 2. The number of rotatable bonds is 3. The SMILES string of the molecule is Cc1ccc(N2CCC[C@H](NC(=O)[C@@H]3C[C@H]4CC[C@H]3O4)C2=O)cc1. The Morgan fingerprint density at radius 3 is 2.67 bits per heavy atom. The highest BCUT2D eigenvalue weighted by molar-refractivity contribution is 6.00. The maximum absolute atomic E-state index is 12.8. The van der Waals surface area contributed by atoms with Crippen molar-refractivity contribution in [2.45, 2.75) is 57.3 Å². The van der Waals surface area contributed by atoms with Crippen molar-refractivity contribution in [1.82, 2.24) is 5.32 Å². The second-order valence-corrected chi connectivity index (χ2v) is 7.24. The standard InChI is InChI=1S/C19H24N2O3/c1-12-4-6-13(7-5-12)21-10-2-3-16(19(21)23)20-18(22)15-11-14-8-9-17(15)24-14/h4-7,14-17H,2-3,8-11H2,1H3,(H,20,22)/t14-,15-,16+,17-/m1/s1. The Morgan fingerprint density at radius 1 is 1.21 bits per heavy atom. The van der Waals surface area contributed by atoms with E-state index >= 15 is 0 Å². The fraction of sp³-hybridized carbons (Fsp3) is 0.579. The van der Waals surface area contributed by atoms with Gasteiger partial charge in [-0.25, -0.2) is 0 Å². The molecule has 0 aromatic heterocycles. The second kappa shape index (κ2) is 6.20. The lowest BCUT2D eigenvalue weighted by molar-refractivity contribution is -0.131. The third-order valence-electron chi connectivity index (χ3n) is 5.54. The van der Waals surface area contributed by atoms with Crippen LogP contribution >= 0.6 is 0 Å². The van der Waals surface area contributed by atoms with Crippen LogP contribution in [0.1, 0.15) is 37.7 Å². The third kappa shape index (κ3) is 2.81. The molecule has 2 bridgehead atoms. The van der Waals surface area contributed by atoms with Gasteiger partial charge >= 0.3 is 0 Å². The molecule has 0 aliphatic carbocycles. The van der Waals surface area contributed by atoms with Gasteiger partial charge in [0.25, 0.3) is 0 Å². The lowest BCUT2D eigenvalue weighted by atomic mass is 9.88. The van der Waals surface area contributed by atoms with Crippen molar-refractivity contribution in [2.75, 3.05) is 11.4 Å². The molecule has 3 heterocycles. The van der Waals surface area contributed by atoms with E-state index in [4.69, 9.17) is 4.74 Å². The molecule has 0 saturated carbocycles. The summed E-state index contributed by atoms with van der Waals surface area (Å²) >= 11 is 0. The Balaban J connectivity index is 1.42. The summed E-state index contributed by atoms with van der Waals surface area (Å²) in [5, 5.41) is 3.00. The molecule has 3 aliphatic rings. The molecule has 0 spiro atoms. The molecule has 4 atom stereocenters. The predicted octanol–water partition coefficient (Wildman–Crippen LogP) is 2.17. The first-order valence-corrected chi connectivity index (χ1v) is 8.96. The van der Waals surface area contributed by atoms with E-state index in [2.05, 4.69) is 5.32 Å². The van der Waals surface area contributed by atoms with Crippen LogP contribution in [0.5, 0.6) is 0 Å². The fourth-order valence-electron chi connectivity index (χ4n) is 4.18. The van der Waals surface area contributed by atoms with Crippen molar-refractivity contribution < 1.29 is 14.3 Å². The van der Waals surface area contributed by atoms with Crippen LogP contribution in [-0.2, 0) is 14.3 Å². The van der Waals surface area contributed by atoms with Gasteiger partial charge in [0.1, 0.15) is 6.04 Å². The summed E-state index contributed by atoms with van der Waals surface area (Å²) in [5.41, 5.74) is 2.08. The van der Waals surface area contributed by atoms with Gasteiger partial charge in [0.15, 0.2) is 0 Å². The van der Waals surface area contributed by atoms with Crippen LogP contribution in [0.15, 0.2) is 24.3 Å². The summed E-state index contributed by atoms with van der Waals surface area (Å²) in [4.78, 5) is 27.2. The van der Waals surface area contributed by atoms with Crippen molar-refractivity contribution in [3.63, 3.8) is 0 Å². The van der Waals surface area contributed by atoms with Crippen LogP contribution in [0.25, 0.3) is 0 Å². The molecule has 1 aromatic rings. The van der Waals surface area contributed by atoms with Gasteiger partial charge in [-0.05, 0) is 51.2 Å². The van der Waals surface area contributed by atoms with Gasteiger partial charge in [0.2, 0.25) is 11.8 Å². The van der Waals surface area contributed by atoms with Gasteiger partial charge in [-0.3, -0.25) is 9.59 Å². The number of hydrogen-bond acceptors (Lipinski definition) is 3. The summed E-state index contributed by atoms with van der Waals surface area (Å²) in [6, 6.07) is 7.56. The Bertz CT molecular complexity index is 643. The summed E-state index contributed by atoms with van der Waals surface area (Å²) in [5.74, 6) is -0.0832. The van der Waals surface area contributed by atoms with E-state index in [1.165, 1.54) is 5.56 Å². The Morgan fingerprint density at radius 2 is 2.00 bits per heavy atom. The van der Waals surface area contributed by atoms with Gasteiger partial charge in [0.05, 0.1) is 18.1 Å². The van der Waals surface area contributed by atoms with Crippen LogP contribution < -0.4 is 10.2 Å². The van der Waals surface area contributed by atoms with Crippen molar-refractivity contribution in [3.8, 4) is 0 Å². The van der Waals surface area contributed by atoms with Crippen molar-refractivity contribution in [3.05, 3.63) is 29.8 Å². The van der Waals surface area contributed by atoms with Crippen LogP contribution in [0, 0.1) is 12.8 Å². The molecule has 0 unspecified atom stereocenters. The first-order chi connectivity index (χ1) is 11.6. The molecule has 3 saturated heterocycles. The number of nitrogens with one attached hydrogen (secondary N) is 1. The minimum Gasteiger partial charge on any atom is -0.374 e. The smallest absolute Gasteiger partial charge is 0.249 e. The topological polar surface area (TPSA) is 58.6 Å². The van der Waals surface area contributed by atoms with Crippen LogP contribution in [0.4, 0.5) is 5.69 Å². The molecule has 5 nitrogen and oxygen atoms in total. The van der Waals surface area contributed by atoms with Crippen molar-refractivity contribution in [1.29, 1.82) is 0 Å². The number of amides is 2. The average molecular weight is 328 g/mol. The third-order valence-corrected chi connectivity index (χ3v) is 5.54. The quantitative estimate of drug-likeness (QED) is 0.925. The molecule has 1 aromatic carbocycles. The zero-order valence-electron chi connectivity index (χ0n) is 14.0. The maximum Gasteiger partial charge on any atom is 0.249 e. The normalized spacial score (nSPS) is 32.2. The van der Waals surface area contributed by atoms with E-state index in [0.717, 1.165) is 31.4 Å². The summed E-state index contributed by atoms with van der Waals surface area (Å²) in [6.07, 6.45) is 4.76. The number of aryl methyl sites for hydroxylation is 1. The molecule has 1 N–H and O–H groups in total. The minimum atomic E-state index is -0.410. The van der Waals surface area contributed by atoms with Crippen molar-refractivity contribution in [2.24, 2.45) is 5.92 Å². The molecular formula is C19H24N2O3. The maximum atomic E-state index is 12.8. The number of nitrogens with zero attached hydrogens (tertiary/aromatic N) is 1. The van der Waals surface area contributed by atoms with Gasteiger partial charge in [-0.1, -0.05) is 17.7 Å². The number of carbonyl (C=O) groups excluding carboxylic acids is 2. The van der Waals surface area contributed by atoms with Crippen molar-refractivity contribution >= 4 is 17.5 Å². The predicted molar refractivity (Wildman–Crippen MR) is 90.7 cm³/mol. The Kier molecular flexibility index (Phi) is 4.04. The molecule has 4 rings (SSSR count). The number of piperidine rings is 1. The minimum absolute atomic E-state index is 0.00234. The highest BCUT2D eigenvalue weighted by atomic mass is 16.5. The highest BCUT2D eigenvalue weighted by Gasteiger charge is 2.45. The first kappa shape index (κ1) is 15.6. The number of anilines is 1. The molecule has 128 valence electrons. The van der Waals surface area contributed by atoms with Gasteiger partial charge in [-0.2, -0.15) is 0 Å². The lowest BCUT2D eigenvalue weighted by Gasteiger charge is -2.33. The van der Waals surface area contributed by atoms with Gasteiger partial charge in [0, 0.05) is 12.2 Å². The number of carbonyl (C=O) groups is 2.